The molecule has 1 aromatic heterocycles. The van der Waals surface area contributed by atoms with Gasteiger partial charge in [-0.05, 0) is 52.7 Å². The molecule has 0 saturated carbocycles. The molecule has 2 rings (SSSR count). The summed E-state index contributed by atoms with van der Waals surface area (Å²) >= 11 is 6.66. The normalized spacial score (nSPS) is 10.2. The molecule has 0 atom stereocenters. The summed E-state index contributed by atoms with van der Waals surface area (Å²) in [4.78, 5) is 16.0. The van der Waals surface area contributed by atoms with Crippen LogP contribution in [0.5, 0.6) is 0 Å². The van der Waals surface area contributed by atoms with E-state index in [4.69, 9.17) is 0 Å². The Hall–Kier alpha value is -1.20. The second-order valence-electron chi connectivity index (χ2n) is 3.79. The van der Waals surface area contributed by atoms with E-state index in [1.54, 1.807) is 12.1 Å². The summed E-state index contributed by atoms with van der Waals surface area (Å²) in [5.74, 6) is -0.175. The minimum Gasteiger partial charge on any atom is -0.322 e. The molecule has 92 valence electrons. The highest BCUT2D eigenvalue weighted by Crippen LogP contribution is 2.21. The Morgan fingerprint density at radius 1 is 1.22 bits per heavy atom. The van der Waals surface area contributed by atoms with Gasteiger partial charge in [-0.3, -0.25) is 4.79 Å². The van der Waals surface area contributed by atoms with Gasteiger partial charge in [-0.15, -0.1) is 0 Å². The summed E-state index contributed by atoms with van der Waals surface area (Å²) < 4.78 is 1.67. The van der Waals surface area contributed by atoms with Gasteiger partial charge in [0.15, 0.2) is 0 Å². The summed E-state index contributed by atoms with van der Waals surface area (Å²) in [6, 6.07) is 9.14. The third kappa shape index (κ3) is 3.17. The van der Waals surface area contributed by atoms with E-state index < -0.39 is 0 Å². The SMILES string of the molecule is Cc1ccc(NC(=O)c2ccc(Br)nc2)cc1Br. The van der Waals surface area contributed by atoms with Crippen molar-refractivity contribution in [1.82, 2.24) is 4.98 Å². The Kier molecular flexibility index (Phi) is 4.14. The number of pyridine rings is 1. The maximum absolute atomic E-state index is 11.9. The third-order valence-corrected chi connectivity index (χ3v) is 3.74. The fourth-order valence-electron chi connectivity index (χ4n) is 1.38. The van der Waals surface area contributed by atoms with Gasteiger partial charge in [-0.2, -0.15) is 0 Å². The van der Waals surface area contributed by atoms with Crippen LogP contribution >= 0.6 is 31.9 Å². The zero-order valence-corrected chi connectivity index (χ0v) is 12.7. The van der Waals surface area contributed by atoms with Crippen molar-refractivity contribution in [2.75, 3.05) is 5.32 Å². The first-order valence-corrected chi connectivity index (χ1v) is 6.84. The Balaban J connectivity index is 2.16. The summed E-state index contributed by atoms with van der Waals surface area (Å²) in [7, 11) is 0. The first-order valence-electron chi connectivity index (χ1n) is 5.25. The molecular weight excluding hydrogens is 360 g/mol. The van der Waals surface area contributed by atoms with Crippen molar-refractivity contribution in [1.29, 1.82) is 0 Å². The van der Waals surface area contributed by atoms with E-state index in [-0.39, 0.29) is 5.91 Å². The molecule has 0 fully saturated rings. The summed E-state index contributed by atoms with van der Waals surface area (Å²) in [6.45, 7) is 1.99. The molecule has 0 aliphatic carbocycles. The van der Waals surface area contributed by atoms with Gasteiger partial charge in [0.05, 0.1) is 5.56 Å². The Morgan fingerprint density at radius 2 is 2.00 bits per heavy atom. The number of aryl methyl sites for hydroxylation is 1. The smallest absolute Gasteiger partial charge is 0.257 e. The molecular formula is C13H10Br2N2O. The Bertz CT molecular complexity index is 582. The molecule has 3 nitrogen and oxygen atoms in total. The van der Waals surface area contributed by atoms with E-state index in [0.29, 0.717) is 10.2 Å². The van der Waals surface area contributed by atoms with Crippen LogP contribution in [0.3, 0.4) is 0 Å². The van der Waals surface area contributed by atoms with E-state index >= 15 is 0 Å². The highest BCUT2D eigenvalue weighted by atomic mass is 79.9. The molecule has 0 spiro atoms. The number of anilines is 1. The topological polar surface area (TPSA) is 42.0 Å². The molecule has 0 aliphatic rings. The monoisotopic (exact) mass is 368 g/mol. The van der Waals surface area contributed by atoms with Crippen molar-refractivity contribution in [2.45, 2.75) is 6.92 Å². The zero-order valence-electron chi connectivity index (χ0n) is 9.58. The molecule has 2 aromatic rings. The molecule has 0 bridgehead atoms. The Labute approximate surface area is 122 Å². The quantitative estimate of drug-likeness (QED) is 0.807. The highest BCUT2D eigenvalue weighted by Gasteiger charge is 2.07. The lowest BCUT2D eigenvalue weighted by Gasteiger charge is -2.06. The van der Waals surface area contributed by atoms with Gasteiger partial charge in [0.25, 0.3) is 5.91 Å². The second-order valence-corrected chi connectivity index (χ2v) is 5.45. The minimum absolute atomic E-state index is 0.175. The first-order chi connectivity index (χ1) is 8.56. The average molecular weight is 370 g/mol. The van der Waals surface area contributed by atoms with Crippen LogP contribution in [0.15, 0.2) is 45.6 Å². The van der Waals surface area contributed by atoms with Crippen molar-refractivity contribution in [3.63, 3.8) is 0 Å². The molecule has 1 heterocycles. The first kappa shape index (κ1) is 13.2. The van der Waals surface area contributed by atoms with Crippen molar-refractivity contribution in [3.05, 3.63) is 56.7 Å². The molecule has 5 heteroatoms. The van der Waals surface area contributed by atoms with Crippen molar-refractivity contribution < 1.29 is 4.79 Å². The van der Waals surface area contributed by atoms with E-state index in [9.17, 15) is 4.79 Å². The van der Waals surface area contributed by atoms with Crippen molar-refractivity contribution in [2.24, 2.45) is 0 Å². The number of carbonyl (C=O) groups excluding carboxylic acids is 1. The summed E-state index contributed by atoms with van der Waals surface area (Å²) in [6.07, 6.45) is 1.53. The highest BCUT2D eigenvalue weighted by molar-refractivity contribution is 9.10. The number of aromatic nitrogens is 1. The van der Waals surface area contributed by atoms with E-state index in [1.807, 2.05) is 25.1 Å². The average Bonchev–Trinajstić information content (AvgIpc) is 2.34. The molecule has 1 N–H and O–H groups in total. The number of hydrogen-bond donors (Lipinski definition) is 1. The maximum atomic E-state index is 11.9. The van der Waals surface area contributed by atoms with Crippen molar-refractivity contribution in [3.8, 4) is 0 Å². The van der Waals surface area contributed by atoms with Gasteiger partial charge in [0.2, 0.25) is 0 Å². The molecule has 0 saturated heterocycles. The van der Waals surface area contributed by atoms with Crippen LogP contribution in [0.1, 0.15) is 15.9 Å². The number of hydrogen-bond acceptors (Lipinski definition) is 2. The second kappa shape index (κ2) is 5.63. The van der Waals surface area contributed by atoms with Gasteiger partial charge < -0.3 is 5.32 Å². The van der Waals surface area contributed by atoms with Gasteiger partial charge in [-0.25, -0.2) is 4.98 Å². The molecule has 0 unspecified atom stereocenters. The van der Waals surface area contributed by atoms with Crippen LogP contribution in [-0.4, -0.2) is 10.9 Å². The number of benzene rings is 1. The number of amides is 1. The third-order valence-electron chi connectivity index (χ3n) is 2.42. The zero-order chi connectivity index (χ0) is 13.1. The minimum atomic E-state index is -0.175. The van der Waals surface area contributed by atoms with E-state index in [1.165, 1.54) is 6.20 Å². The molecule has 0 aliphatic heterocycles. The number of rotatable bonds is 2. The van der Waals surface area contributed by atoms with Crippen molar-refractivity contribution >= 4 is 43.5 Å². The molecule has 0 radical (unpaired) electrons. The summed E-state index contributed by atoms with van der Waals surface area (Å²) in [5, 5.41) is 2.82. The predicted octanol–water partition coefficient (Wildman–Crippen LogP) is 4.17. The lowest BCUT2D eigenvalue weighted by atomic mass is 10.2. The lowest BCUT2D eigenvalue weighted by molar-refractivity contribution is 0.102. The van der Waals surface area contributed by atoms with Gasteiger partial charge in [0.1, 0.15) is 4.60 Å². The van der Waals surface area contributed by atoms with Gasteiger partial charge in [-0.1, -0.05) is 22.0 Å². The summed E-state index contributed by atoms with van der Waals surface area (Å²) in [5.41, 5.74) is 2.40. The molecule has 1 amide bonds. The van der Waals surface area contributed by atoms with Crippen LogP contribution < -0.4 is 5.32 Å². The van der Waals surface area contributed by atoms with Gasteiger partial charge in [0, 0.05) is 16.4 Å². The van der Waals surface area contributed by atoms with Gasteiger partial charge >= 0.3 is 0 Å². The fraction of sp³-hybridized carbons (Fsp3) is 0.0769. The molecule has 18 heavy (non-hydrogen) atoms. The fourth-order valence-corrected chi connectivity index (χ4v) is 2.00. The number of carbonyl (C=O) groups is 1. The van der Waals surface area contributed by atoms with Crippen LogP contribution in [0.4, 0.5) is 5.69 Å². The predicted molar refractivity (Wildman–Crippen MR) is 78.8 cm³/mol. The Morgan fingerprint density at radius 3 is 2.61 bits per heavy atom. The standard InChI is InChI=1S/C13H10Br2N2O/c1-8-2-4-10(6-11(8)14)17-13(18)9-3-5-12(15)16-7-9/h2-7H,1H3,(H,17,18). The number of nitrogens with zero attached hydrogens (tertiary/aromatic N) is 1. The van der Waals surface area contributed by atoms with Crippen LogP contribution in [0.25, 0.3) is 0 Å². The molecule has 1 aromatic carbocycles. The largest absolute Gasteiger partial charge is 0.322 e. The van der Waals surface area contributed by atoms with E-state index in [0.717, 1.165) is 15.7 Å². The van der Waals surface area contributed by atoms with E-state index in [2.05, 4.69) is 42.2 Å². The number of nitrogens with one attached hydrogen (secondary N) is 1. The van der Waals surface area contributed by atoms with Crippen LogP contribution in [-0.2, 0) is 0 Å². The van der Waals surface area contributed by atoms with Crippen LogP contribution in [0.2, 0.25) is 0 Å². The number of halogens is 2. The van der Waals surface area contributed by atoms with Crippen LogP contribution in [0, 0.1) is 6.92 Å². The maximum Gasteiger partial charge on any atom is 0.257 e. The lowest BCUT2D eigenvalue weighted by Crippen LogP contribution is -2.12.